The Bertz CT molecular complexity index is 460. The van der Waals surface area contributed by atoms with Gasteiger partial charge >= 0.3 is 0 Å². The number of carbonyl (C=O) groups excluding carboxylic acids is 1. The Morgan fingerprint density at radius 1 is 1.31 bits per heavy atom. The van der Waals surface area contributed by atoms with Gasteiger partial charge in [0.25, 0.3) is 0 Å². The third-order valence-electron chi connectivity index (χ3n) is 2.81. The van der Waals surface area contributed by atoms with E-state index in [2.05, 4.69) is 55.8 Å². The average Bonchev–Trinajstić information content (AvgIpc) is 2.40. The van der Waals surface area contributed by atoms with Crippen molar-refractivity contribution in [2.24, 2.45) is 0 Å². The lowest BCUT2D eigenvalue weighted by Crippen LogP contribution is -2.43. The Labute approximate surface area is 105 Å². The molecule has 0 radical (unpaired) electrons. The second-order valence-electron chi connectivity index (χ2n) is 5.32. The number of aryl methyl sites for hydroxylation is 1. The summed E-state index contributed by atoms with van der Waals surface area (Å²) in [6, 6.07) is 4.16. The highest BCUT2D eigenvalue weighted by Gasteiger charge is 2.36. The minimum Gasteiger partial charge on any atom is -0.307 e. The SMILES string of the molecule is Cc1cc(Br)c2c(c1)N(C(C)(C)C)C(=O)C2. The third kappa shape index (κ3) is 1.77. The Morgan fingerprint density at radius 2 is 1.94 bits per heavy atom. The fourth-order valence-corrected chi connectivity index (χ4v) is 2.93. The van der Waals surface area contributed by atoms with Gasteiger partial charge in [-0.15, -0.1) is 0 Å². The van der Waals surface area contributed by atoms with Crippen molar-refractivity contribution < 1.29 is 4.79 Å². The normalized spacial score (nSPS) is 15.6. The Hall–Kier alpha value is -0.830. The molecule has 0 bridgehead atoms. The first kappa shape index (κ1) is 11.6. The maximum atomic E-state index is 12.0. The molecule has 2 nitrogen and oxygen atoms in total. The fraction of sp³-hybridized carbons (Fsp3) is 0.462. The van der Waals surface area contributed by atoms with E-state index in [1.54, 1.807) is 0 Å². The molecule has 86 valence electrons. The molecule has 0 saturated carbocycles. The van der Waals surface area contributed by atoms with Crippen LogP contribution in [0.25, 0.3) is 0 Å². The lowest BCUT2D eigenvalue weighted by molar-refractivity contribution is -0.118. The molecule has 0 aliphatic carbocycles. The monoisotopic (exact) mass is 281 g/mol. The highest BCUT2D eigenvalue weighted by molar-refractivity contribution is 9.10. The minimum absolute atomic E-state index is 0.157. The molecule has 1 aliphatic heterocycles. The minimum atomic E-state index is -0.157. The predicted molar refractivity (Wildman–Crippen MR) is 69.8 cm³/mol. The smallest absolute Gasteiger partial charge is 0.232 e. The van der Waals surface area contributed by atoms with Crippen molar-refractivity contribution in [2.45, 2.75) is 39.7 Å². The molecule has 1 aliphatic rings. The molecule has 0 aromatic heterocycles. The van der Waals surface area contributed by atoms with E-state index in [0.717, 1.165) is 15.7 Å². The number of hydrogen-bond acceptors (Lipinski definition) is 1. The van der Waals surface area contributed by atoms with Crippen molar-refractivity contribution in [3.05, 3.63) is 27.7 Å². The molecule has 0 N–H and O–H groups in total. The van der Waals surface area contributed by atoms with Crippen molar-refractivity contribution in [1.82, 2.24) is 0 Å². The maximum Gasteiger partial charge on any atom is 0.232 e. The second-order valence-corrected chi connectivity index (χ2v) is 6.18. The van der Waals surface area contributed by atoms with Gasteiger partial charge in [-0.2, -0.15) is 0 Å². The van der Waals surface area contributed by atoms with Crippen LogP contribution >= 0.6 is 15.9 Å². The van der Waals surface area contributed by atoms with E-state index in [9.17, 15) is 4.79 Å². The van der Waals surface area contributed by atoms with E-state index < -0.39 is 0 Å². The number of benzene rings is 1. The van der Waals surface area contributed by atoms with Crippen molar-refractivity contribution in [2.75, 3.05) is 4.90 Å². The van der Waals surface area contributed by atoms with Gasteiger partial charge in [-0.25, -0.2) is 0 Å². The zero-order valence-corrected chi connectivity index (χ0v) is 11.7. The molecule has 0 spiro atoms. The van der Waals surface area contributed by atoms with E-state index in [0.29, 0.717) is 6.42 Å². The van der Waals surface area contributed by atoms with Crippen molar-refractivity contribution in [3.8, 4) is 0 Å². The number of fused-ring (bicyclic) bond motifs is 1. The largest absolute Gasteiger partial charge is 0.307 e. The molecule has 3 heteroatoms. The summed E-state index contributed by atoms with van der Waals surface area (Å²) in [5.74, 6) is 0.189. The molecule has 0 saturated heterocycles. The van der Waals surface area contributed by atoms with E-state index >= 15 is 0 Å². The average molecular weight is 282 g/mol. The number of anilines is 1. The van der Waals surface area contributed by atoms with Crippen LogP contribution < -0.4 is 4.90 Å². The molecule has 1 amide bonds. The first-order chi connectivity index (χ1) is 7.30. The number of nitrogens with zero attached hydrogens (tertiary/aromatic N) is 1. The summed E-state index contributed by atoms with van der Waals surface area (Å²) in [6.45, 7) is 8.25. The van der Waals surface area contributed by atoms with Crippen LogP contribution in [-0.4, -0.2) is 11.4 Å². The first-order valence-corrected chi connectivity index (χ1v) is 6.22. The lowest BCUT2D eigenvalue weighted by atomic mass is 10.0. The number of amides is 1. The number of carbonyl (C=O) groups is 1. The standard InChI is InChI=1S/C13H16BrNO/c1-8-5-10(14)9-7-12(16)15(11(9)6-8)13(2,3)4/h5-6H,7H2,1-4H3. The van der Waals surface area contributed by atoms with Crippen LogP contribution in [0.3, 0.4) is 0 Å². The lowest BCUT2D eigenvalue weighted by Gasteiger charge is -2.32. The quantitative estimate of drug-likeness (QED) is 0.713. The van der Waals surface area contributed by atoms with Gasteiger partial charge in [0.15, 0.2) is 0 Å². The molecule has 0 unspecified atom stereocenters. The number of halogens is 1. The summed E-state index contributed by atoms with van der Waals surface area (Å²) in [5, 5.41) is 0. The van der Waals surface area contributed by atoms with Gasteiger partial charge in [0.1, 0.15) is 0 Å². The van der Waals surface area contributed by atoms with Crippen molar-refractivity contribution in [1.29, 1.82) is 0 Å². The van der Waals surface area contributed by atoms with E-state index in [-0.39, 0.29) is 11.4 Å². The zero-order chi connectivity index (χ0) is 12.1. The van der Waals surface area contributed by atoms with Crippen LogP contribution in [-0.2, 0) is 11.2 Å². The Balaban J connectivity index is 2.61. The topological polar surface area (TPSA) is 20.3 Å². The molecule has 1 aromatic rings. The van der Waals surface area contributed by atoms with Gasteiger partial charge in [0, 0.05) is 15.7 Å². The summed E-state index contributed by atoms with van der Waals surface area (Å²) in [7, 11) is 0. The predicted octanol–water partition coefficient (Wildman–Crippen LogP) is 3.45. The van der Waals surface area contributed by atoms with Gasteiger partial charge in [-0.05, 0) is 51.0 Å². The van der Waals surface area contributed by atoms with Crippen molar-refractivity contribution >= 4 is 27.5 Å². The molecule has 0 fully saturated rings. The van der Waals surface area contributed by atoms with Crippen molar-refractivity contribution in [3.63, 3.8) is 0 Å². The molecular formula is C13H16BrNO. The van der Waals surface area contributed by atoms with Gasteiger partial charge in [0.05, 0.1) is 6.42 Å². The van der Waals surface area contributed by atoms with Crippen LogP contribution in [0.15, 0.2) is 16.6 Å². The van der Waals surface area contributed by atoms with Crippen LogP contribution in [0.5, 0.6) is 0 Å². The number of rotatable bonds is 0. The molecule has 2 rings (SSSR count). The molecule has 1 heterocycles. The summed E-state index contributed by atoms with van der Waals surface area (Å²) < 4.78 is 1.04. The van der Waals surface area contributed by atoms with Gasteiger partial charge in [-0.1, -0.05) is 15.9 Å². The van der Waals surface area contributed by atoms with Gasteiger partial charge in [0.2, 0.25) is 5.91 Å². The van der Waals surface area contributed by atoms with Crippen LogP contribution in [0.4, 0.5) is 5.69 Å². The first-order valence-electron chi connectivity index (χ1n) is 5.43. The van der Waals surface area contributed by atoms with Gasteiger partial charge < -0.3 is 4.90 Å². The molecule has 16 heavy (non-hydrogen) atoms. The van der Waals surface area contributed by atoms with E-state index in [1.165, 1.54) is 5.56 Å². The summed E-state index contributed by atoms with van der Waals surface area (Å²) in [5.41, 5.74) is 3.19. The Morgan fingerprint density at radius 3 is 2.50 bits per heavy atom. The van der Waals surface area contributed by atoms with Crippen LogP contribution in [0.1, 0.15) is 31.9 Å². The zero-order valence-electron chi connectivity index (χ0n) is 10.1. The van der Waals surface area contributed by atoms with E-state index in [4.69, 9.17) is 0 Å². The molecule has 1 aromatic carbocycles. The Kier molecular flexibility index (Phi) is 2.61. The highest BCUT2D eigenvalue weighted by atomic mass is 79.9. The summed E-state index contributed by atoms with van der Waals surface area (Å²) in [4.78, 5) is 13.9. The summed E-state index contributed by atoms with van der Waals surface area (Å²) in [6.07, 6.45) is 0.507. The summed E-state index contributed by atoms with van der Waals surface area (Å²) >= 11 is 3.54. The fourth-order valence-electron chi connectivity index (χ4n) is 2.23. The van der Waals surface area contributed by atoms with Crippen LogP contribution in [0, 0.1) is 6.92 Å². The van der Waals surface area contributed by atoms with Gasteiger partial charge in [-0.3, -0.25) is 4.79 Å². The maximum absolute atomic E-state index is 12.0. The highest BCUT2D eigenvalue weighted by Crippen LogP contribution is 2.39. The number of hydrogen-bond donors (Lipinski definition) is 0. The molecule has 0 atom stereocenters. The molecular weight excluding hydrogens is 266 g/mol. The second kappa shape index (κ2) is 3.59. The van der Waals surface area contributed by atoms with Crippen LogP contribution in [0.2, 0.25) is 0 Å². The van der Waals surface area contributed by atoms with E-state index in [1.807, 2.05) is 4.90 Å². The third-order valence-corrected chi connectivity index (χ3v) is 3.51.